The van der Waals surface area contributed by atoms with Crippen molar-refractivity contribution in [3.05, 3.63) is 0 Å². The monoisotopic (exact) mass is 271 g/mol. The molecule has 0 spiro atoms. The second kappa shape index (κ2) is 6.96. The molecule has 0 saturated heterocycles. The van der Waals surface area contributed by atoms with Gasteiger partial charge in [0, 0.05) is 33.1 Å². The predicted octanol–water partition coefficient (Wildman–Crippen LogP) is 0.113. The van der Waals surface area contributed by atoms with Crippen molar-refractivity contribution < 1.29 is 19.5 Å². The fourth-order valence-electron chi connectivity index (χ4n) is 1.64. The van der Waals surface area contributed by atoms with Crippen LogP contribution < -0.4 is 5.32 Å². The van der Waals surface area contributed by atoms with Crippen molar-refractivity contribution in [1.29, 1.82) is 0 Å². The SMILES string of the molecule is CN(CCCC(=O)O)C(=O)N(C)CC(=O)NC1CC1. The molecule has 1 fully saturated rings. The van der Waals surface area contributed by atoms with Gasteiger partial charge in [0.25, 0.3) is 0 Å². The van der Waals surface area contributed by atoms with Crippen LogP contribution in [0.15, 0.2) is 0 Å². The first-order valence-corrected chi connectivity index (χ1v) is 6.37. The first-order valence-electron chi connectivity index (χ1n) is 6.37. The van der Waals surface area contributed by atoms with Gasteiger partial charge in [-0.1, -0.05) is 0 Å². The minimum atomic E-state index is -0.877. The van der Waals surface area contributed by atoms with Crippen LogP contribution in [-0.2, 0) is 9.59 Å². The number of carbonyl (C=O) groups excluding carboxylic acids is 2. The van der Waals surface area contributed by atoms with Crippen molar-refractivity contribution in [1.82, 2.24) is 15.1 Å². The second-order valence-electron chi connectivity index (χ2n) is 4.90. The molecule has 0 radical (unpaired) electrons. The number of hydrogen-bond donors (Lipinski definition) is 2. The Morgan fingerprint density at radius 3 is 2.37 bits per heavy atom. The Bertz CT molecular complexity index is 355. The number of likely N-dealkylation sites (N-methyl/N-ethyl adjacent to an activating group) is 1. The zero-order chi connectivity index (χ0) is 14.4. The number of amides is 3. The first kappa shape index (κ1) is 15.3. The Hall–Kier alpha value is -1.79. The maximum atomic E-state index is 11.9. The summed E-state index contributed by atoms with van der Waals surface area (Å²) in [5.41, 5.74) is 0. The second-order valence-corrected chi connectivity index (χ2v) is 4.90. The van der Waals surface area contributed by atoms with Gasteiger partial charge >= 0.3 is 12.0 Å². The first-order chi connectivity index (χ1) is 8.90. The largest absolute Gasteiger partial charge is 0.481 e. The van der Waals surface area contributed by atoms with Gasteiger partial charge in [-0.05, 0) is 19.3 Å². The molecule has 1 aliphatic carbocycles. The molecule has 1 saturated carbocycles. The van der Waals surface area contributed by atoms with Crippen LogP contribution in [0.2, 0.25) is 0 Å². The van der Waals surface area contributed by atoms with Gasteiger partial charge in [0.15, 0.2) is 0 Å². The van der Waals surface area contributed by atoms with Crippen LogP contribution >= 0.6 is 0 Å². The lowest BCUT2D eigenvalue weighted by atomic mass is 10.3. The van der Waals surface area contributed by atoms with E-state index in [-0.39, 0.29) is 30.9 Å². The van der Waals surface area contributed by atoms with Crippen LogP contribution in [0.25, 0.3) is 0 Å². The number of aliphatic carboxylic acids is 1. The molecule has 0 unspecified atom stereocenters. The molecular weight excluding hydrogens is 250 g/mol. The van der Waals surface area contributed by atoms with Gasteiger partial charge in [-0.25, -0.2) is 4.79 Å². The van der Waals surface area contributed by atoms with Crippen molar-refractivity contribution in [2.24, 2.45) is 0 Å². The molecule has 0 aromatic rings. The van der Waals surface area contributed by atoms with Crippen LogP contribution in [0.1, 0.15) is 25.7 Å². The fourth-order valence-corrected chi connectivity index (χ4v) is 1.64. The number of hydrogen-bond acceptors (Lipinski definition) is 3. The zero-order valence-electron chi connectivity index (χ0n) is 11.4. The molecule has 0 aromatic heterocycles. The summed E-state index contributed by atoms with van der Waals surface area (Å²) in [7, 11) is 3.15. The van der Waals surface area contributed by atoms with Crippen molar-refractivity contribution in [3.63, 3.8) is 0 Å². The molecule has 3 amide bonds. The van der Waals surface area contributed by atoms with E-state index in [0.29, 0.717) is 13.0 Å². The maximum absolute atomic E-state index is 11.9. The number of carboxylic acid groups (broad SMARTS) is 1. The quantitative estimate of drug-likeness (QED) is 0.688. The molecule has 0 atom stereocenters. The minimum absolute atomic E-state index is 0.0264. The zero-order valence-corrected chi connectivity index (χ0v) is 11.4. The third kappa shape index (κ3) is 6.08. The highest BCUT2D eigenvalue weighted by Crippen LogP contribution is 2.18. The predicted molar refractivity (Wildman–Crippen MR) is 68.7 cm³/mol. The number of carbonyl (C=O) groups is 3. The van der Waals surface area contributed by atoms with Crippen LogP contribution in [-0.4, -0.2) is 66.0 Å². The summed E-state index contributed by atoms with van der Waals surface area (Å²) in [6, 6.07) is 0.000587. The highest BCUT2D eigenvalue weighted by atomic mass is 16.4. The molecule has 19 heavy (non-hydrogen) atoms. The lowest BCUT2D eigenvalue weighted by molar-refractivity contribution is -0.137. The molecule has 2 N–H and O–H groups in total. The maximum Gasteiger partial charge on any atom is 0.319 e. The summed E-state index contributed by atoms with van der Waals surface area (Å²) in [4.78, 5) is 36.5. The van der Waals surface area contributed by atoms with E-state index in [1.54, 1.807) is 14.1 Å². The van der Waals surface area contributed by atoms with Gasteiger partial charge in [-0.15, -0.1) is 0 Å². The van der Waals surface area contributed by atoms with Gasteiger partial charge in [0.1, 0.15) is 6.54 Å². The lowest BCUT2D eigenvalue weighted by Gasteiger charge is -2.24. The van der Waals surface area contributed by atoms with Crippen molar-refractivity contribution in [2.45, 2.75) is 31.7 Å². The van der Waals surface area contributed by atoms with Crippen molar-refractivity contribution >= 4 is 17.9 Å². The third-order valence-corrected chi connectivity index (χ3v) is 2.86. The number of nitrogens with one attached hydrogen (secondary N) is 1. The van der Waals surface area contributed by atoms with Crippen molar-refractivity contribution in [3.8, 4) is 0 Å². The van der Waals surface area contributed by atoms with Gasteiger partial charge < -0.3 is 20.2 Å². The fraction of sp³-hybridized carbons (Fsp3) is 0.750. The summed E-state index contributed by atoms with van der Waals surface area (Å²) in [6.45, 7) is 0.387. The average molecular weight is 271 g/mol. The molecule has 1 aliphatic rings. The van der Waals surface area contributed by atoms with E-state index in [9.17, 15) is 14.4 Å². The van der Waals surface area contributed by atoms with Gasteiger partial charge in [-0.2, -0.15) is 0 Å². The highest BCUT2D eigenvalue weighted by Gasteiger charge is 2.24. The average Bonchev–Trinajstić information content (AvgIpc) is 3.10. The summed E-state index contributed by atoms with van der Waals surface area (Å²) in [5, 5.41) is 11.3. The summed E-state index contributed by atoms with van der Waals surface area (Å²) in [5.74, 6) is -1.03. The van der Waals surface area contributed by atoms with E-state index in [1.165, 1.54) is 9.80 Å². The minimum Gasteiger partial charge on any atom is -0.481 e. The molecular formula is C12H21N3O4. The van der Waals surface area contributed by atoms with E-state index >= 15 is 0 Å². The van der Waals surface area contributed by atoms with Gasteiger partial charge in [0.2, 0.25) is 5.91 Å². The van der Waals surface area contributed by atoms with E-state index in [2.05, 4.69) is 5.32 Å². The number of rotatable bonds is 7. The van der Waals surface area contributed by atoms with Crippen LogP contribution in [0.4, 0.5) is 4.79 Å². The molecule has 108 valence electrons. The van der Waals surface area contributed by atoms with Crippen LogP contribution in [0.5, 0.6) is 0 Å². The van der Waals surface area contributed by atoms with E-state index < -0.39 is 5.97 Å². The number of nitrogens with zero attached hydrogens (tertiary/aromatic N) is 2. The molecule has 1 rings (SSSR count). The summed E-state index contributed by atoms with van der Waals surface area (Å²) in [6.07, 6.45) is 2.46. The Labute approximate surface area is 112 Å². The molecule has 0 aromatic carbocycles. The number of carboxylic acids is 1. The Kier molecular flexibility index (Phi) is 5.59. The number of urea groups is 1. The topological polar surface area (TPSA) is 90.0 Å². The van der Waals surface area contributed by atoms with Crippen molar-refractivity contribution in [2.75, 3.05) is 27.2 Å². The van der Waals surface area contributed by atoms with Crippen LogP contribution in [0.3, 0.4) is 0 Å². The standard InChI is InChI=1S/C12H21N3O4/c1-14(7-3-4-11(17)18)12(19)15(2)8-10(16)13-9-5-6-9/h9H,3-8H2,1-2H3,(H,13,16)(H,17,18). The summed E-state index contributed by atoms with van der Waals surface area (Å²) < 4.78 is 0. The lowest BCUT2D eigenvalue weighted by Crippen LogP contribution is -2.44. The third-order valence-electron chi connectivity index (χ3n) is 2.86. The molecule has 7 heteroatoms. The smallest absolute Gasteiger partial charge is 0.319 e. The molecule has 0 aliphatic heterocycles. The Balaban J connectivity index is 2.24. The Morgan fingerprint density at radius 2 is 1.84 bits per heavy atom. The summed E-state index contributed by atoms with van der Waals surface area (Å²) >= 11 is 0. The van der Waals surface area contributed by atoms with E-state index in [1.807, 2.05) is 0 Å². The Morgan fingerprint density at radius 1 is 1.21 bits per heavy atom. The molecule has 7 nitrogen and oxygen atoms in total. The van der Waals surface area contributed by atoms with E-state index in [0.717, 1.165) is 12.8 Å². The van der Waals surface area contributed by atoms with Crippen LogP contribution in [0, 0.1) is 0 Å². The molecule has 0 heterocycles. The van der Waals surface area contributed by atoms with Gasteiger partial charge in [-0.3, -0.25) is 9.59 Å². The highest BCUT2D eigenvalue weighted by molar-refractivity contribution is 5.84. The van der Waals surface area contributed by atoms with Gasteiger partial charge in [0.05, 0.1) is 0 Å². The normalized spacial score (nSPS) is 13.8. The molecule has 0 bridgehead atoms. The van der Waals surface area contributed by atoms with E-state index in [4.69, 9.17) is 5.11 Å².